The molecule has 1 unspecified atom stereocenters. The van der Waals surface area contributed by atoms with Crippen molar-refractivity contribution < 1.29 is 39.5 Å². The second-order valence-corrected chi connectivity index (χ2v) is 9.66. The van der Waals surface area contributed by atoms with Gasteiger partial charge >= 0.3 is 22.4 Å². The average molecular weight is 473 g/mol. The molecular formula is C17H19ClF4N3O4S+. The van der Waals surface area contributed by atoms with Crippen LogP contribution in [0.5, 0.6) is 0 Å². The van der Waals surface area contributed by atoms with Gasteiger partial charge in [0.1, 0.15) is 5.82 Å². The maximum atomic E-state index is 14.5. The first-order valence-corrected chi connectivity index (χ1v) is 10.2. The molecule has 2 rings (SSSR count). The van der Waals surface area contributed by atoms with E-state index < -0.39 is 55.5 Å². The summed E-state index contributed by atoms with van der Waals surface area (Å²) in [6.45, 7) is 4.19. The van der Waals surface area contributed by atoms with E-state index >= 15 is 0 Å². The SMILES string of the molecule is Cc1cc(N2C(=O)C=C(C(F)(F)F)[N+](C)(S(=O)(=O)N(C)C(C)C)C2=O)c(F)cc1Cl. The molecule has 13 heteroatoms. The Hall–Kier alpha value is -2.02. The molecule has 0 saturated heterocycles. The van der Waals surface area contributed by atoms with E-state index in [4.69, 9.17) is 11.6 Å². The minimum Gasteiger partial charge on any atom is -0.268 e. The van der Waals surface area contributed by atoms with E-state index in [1.807, 2.05) is 0 Å². The number of benzene rings is 1. The fourth-order valence-electron chi connectivity index (χ4n) is 2.80. The number of nitrogens with zero attached hydrogens (tertiary/aromatic N) is 3. The van der Waals surface area contributed by atoms with Crippen molar-refractivity contribution in [3.05, 3.63) is 40.3 Å². The quantitative estimate of drug-likeness (QED) is 0.494. The summed E-state index contributed by atoms with van der Waals surface area (Å²) >= 11 is 5.79. The van der Waals surface area contributed by atoms with Gasteiger partial charge < -0.3 is 0 Å². The second-order valence-electron chi connectivity index (χ2n) is 7.05. The summed E-state index contributed by atoms with van der Waals surface area (Å²) in [5, 5.41) is -0.0518. The fourth-order valence-corrected chi connectivity index (χ4v) is 4.68. The number of carbonyl (C=O) groups is 2. The van der Waals surface area contributed by atoms with E-state index in [1.165, 1.54) is 20.8 Å². The van der Waals surface area contributed by atoms with E-state index in [1.54, 1.807) is 0 Å². The summed E-state index contributed by atoms with van der Waals surface area (Å²) in [6.07, 6.45) is -5.36. The largest absolute Gasteiger partial charge is 0.469 e. The average Bonchev–Trinajstić information content (AvgIpc) is 2.60. The Morgan fingerprint density at radius 2 is 1.73 bits per heavy atom. The number of allylic oxidation sites excluding steroid dienone is 1. The number of aryl methyl sites for hydroxylation is 1. The monoisotopic (exact) mass is 472 g/mol. The molecule has 1 aromatic rings. The number of amides is 3. The van der Waals surface area contributed by atoms with Crippen molar-refractivity contribution in [2.24, 2.45) is 0 Å². The first-order chi connectivity index (χ1) is 13.5. The maximum Gasteiger partial charge on any atom is 0.469 e. The van der Waals surface area contributed by atoms with Gasteiger partial charge in [-0.1, -0.05) is 15.5 Å². The van der Waals surface area contributed by atoms with Crippen LogP contribution in [0.25, 0.3) is 0 Å². The lowest BCUT2D eigenvalue weighted by atomic mass is 10.1. The van der Waals surface area contributed by atoms with Gasteiger partial charge in [-0.15, -0.1) is 0 Å². The lowest BCUT2D eigenvalue weighted by Gasteiger charge is -2.40. The van der Waals surface area contributed by atoms with E-state index in [0.717, 1.165) is 19.2 Å². The van der Waals surface area contributed by atoms with Crippen LogP contribution in [0.4, 0.5) is 28.0 Å². The van der Waals surface area contributed by atoms with E-state index in [0.29, 0.717) is 11.4 Å². The van der Waals surface area contributed by atoms with Gasteiger partial charge in [0.05, 0.1) is 18.8 Å². The number of urea groups is 1. The molecule has 7 nitrogen and oxygen atoms in total. The van der Waals surface area contributed by atoms with Gasteiger partial charge in [-0.25, -0.2) is 9.18 Å². The fraction of sp³-hybridized carbons (Fsp3) is 0.412. The summed E-state index contributed by atoms with van der Waals surface area (Å²) in [4.78, 5) is 25.7. The van der Waals surface area contributed by atoms with Crippen LogP contribution < -0.4 is 4.90 Å². The highest BCUT2D eigenvalue weighted by Crippen LogP contribution is 2.42. The number of carbonyl (C=O) groups excluding carboxylic acids is 2. The van der Waals surface area contributed by atoms with Crippen molar-refractivity contribution in [1.29, 1.82) is 0 Å². The Morgan fingerprint density at radius 3 is 2.20 bits per heavy atom. The predicted octanol–water partition coefficient (Wildman–Crippen LogP) is 3.73. The molecule has 0 spiro atoms. The highest BCUT2D eigenvalue weighted by Gasteiger charge is 2.65. The number of hydrogen-bond donors (Lipinski definition) is 0. The van der Waals surface area contributed by atoms with Crippen LogP contribution in [-0.2, 0) is 15.0 Å². The zero-order chi connectivity index (χ0) is 23.4. The summed E-state index contributed by atoms with van der Waals surface area (Å²) in [5.41, 5.74) is -2.40. The van der Waals surface area contributed by atoms with Gasteiger partial charge in [-0.05, 0) is 38.5 Å². The minimum atomic E-state index is -5.34. The first kappa shape index (κ1) is 24.3. The molecule has 1 aliphatic heterocycles. The van der Waals surface area contributed by atoms with Crippen molar-refractivity contribution in [2.75, 3.05) is 19.0 Å². The molecule has 1 aromatic carbocycles. The third-order valence-corrected chi connectivity index (χ3v) is 7.64. The maximum absolute atomic E-state index is 14.5. The molecule has 1 heterocycles. The summed E-state index contributed by atoms with van der Waals surface area (Å²) in [5.74, 6) is -2.72. The highest BCUT2D eigenvalue weighted by atomic mass is 35.5. The number of hydrogen-bond acceptors (Lipinski definition) is 4. The van der Waals surface area contributed by atoms with Gasteiger partial charge in [0.15, 0.2) is 0 Å². The Kier molecular flexibility index (Phi) is 6.14. The normalized spacial score (nSPS) is 20.9. The number of alkyl halides is 3. The van der Waals surface area contributed by atoms with E-state index in [-0.39, 0.29) is 21.6 Å². The van der Waals surface area contributed by atoms with Gasteiger partial charge in [-0.2, -0.15) is 30.8 Å². The number of rotatable bonds is 4. The van der Waals surface area contributed by atoms with Crippen molar-refractivity contribution in [2.45, 2.75) is 33.0 Å². The molecule has 166 valence electrons. The van der Waals surface area contributed by atoms with Gasteiger partial charge in [0.2, 0.25) is 5.70 Å². The molecule has 3 amide bonds. The zero-order valence-electron chi connectivity index (χ0n) is 16.6. The Labute approximate surface area is 175 Å². The van der Waals surface area contributed by atoms with Crippen LogP contribution in [-0.4, -0.2) is 54.9 Å². The topological polar surface area (TPSA) is 74.8 Å². The third-order valence-electron chi connectivity index (χ3n) is 4.81. The molecule has 0 aliphatic carbocycles. The predicted molar refractivity (Wildman–Crippen MR) is 101 cm³/mol. The first-order valence-electron chi connectivity index (χ1n) is 8.46. The summed E-state index contributed by atoms with van der Waals surface area (Å²) in [7, 11) is -3.55. The highest BCUT2D eigenvalue weighted by molar-refractivity contribution is 7.84. The Morgan fingerprint density at radius 1 is 1.20 bits per heavy atom. The van der Waals surface area contributed by atoms with E-state index in [9.17, 15) is 35.6 Å². The minimum absolute atomic E-state index is 0.0174. The lowest BCUT2D eigenvalue weighted by molar-refractivity contribution is -0.671. The molecular weight excluding hydrogens is 454 g/mol. The van der Waals surface area contributed by atoms with Gasteiger partial charge in [-0.3, -0.25) is 4.79 Å². The van der Waals surface area contributed by atoms with Crippen LogP contribution >= 0.6 is 11.6 Å². The smallest absolute Gasteiger partial charge is 0.268 e. The molecule has 0 N–H and O–H groups in total. The number of halogens is 5. The molecule has 0 fully saturated rings. The van der Waals surface area contributed by atoms with Crippen molar-refractivity contribution in [3.63, 3.8) is 0 Å². The lowest BCUT2D eigenvalue weighted by Crippen LogP contribution is -2.67. The molecule has 0 aromatic heterocycles. The van der Waals surface area contributed by atoms with E-state index in [2.05, 4.69) is 0 Å². The molecule has 0 saturated carbocycles. The Balaban J connectivity index is 2.87. The van der Waals surface area contributed by atoms with Gasteiger partial charge in [0, 0.05) is 18.1 Å². The number of imide groups is 1. The zero-order valence-corrected chi connectivity index (χ0v) is 18.2. The number of anilines is 1. The van der Waals surface area contributed by atoms with Crippen molar-refractivity contribution in [3.8, 4) is 0 Å². The molecule has 30 heavy (non-hydrogen) atoms. The van der Waals surface area contributed by atoms with Crippen LogP contribution in [0.2, 0.25) is 5.02 Å². The van der Waals surface area contributed by atoms with Crippen LogP contribution in [0, 0.1) is 12.7 Å². The van der Waals surface area contributed by atoms with Crippen LogP contribution in [0.15, 0.2) is 23.9 Å². The summed E-state index contributed by atoms with van der Waals surface area (Å²) in [6, 6.07) is -0.867. The van der Waals surface area contributed by atoms with Gasteiger partial charge in [0.25, 0.3) is 5.91 Å². The molecule has 1 aliphatic rings. The van der Waals surface area contributed by atoms with Crippen molar-refractivity contribution >= 4 is 39.4 Å². The van der Waals surface area contributed by atoms with Crippen LogP contribution in [0.3, 0.4) is 0 Å². The second kappa shape index (κ2) is 7.59. The molecule has 0 bridgehead atoms. The third kappa shape index (κ3) is 3.61. The van der Waals surface area contributed by atoms with Crippen molar-refractivity contribution in [1.82, 2.24) is 4.31 Å². The molecule has 0 radical (unpaired) electrons. The van der Waals surface area contributed by atoms with Crippen LogP contribution in [0.1, 0.15) is 19.4 Å². The Bertz CT molecular complexity index is 1060. The number of quaternary nitrogens is 1. The molecule has 1 atom stereocenters. The standard InChI is InChI=1S/C17H19ClF4N3O4S/c1-9(2)23(4)30(28,29)25(5)14(17(20,21)22)8-15(26)24(16(25)27)13-6-10(3)11(18)7-12(13)19/h6-9H,1-5H3/q+1. The summed E-state index contributed by atoms with van der Waals surface area (Å²) < 4.78 is 80.1.